The van der Waals surface area contributed by atoms with Crippen LogP contribution in [0.5, 0.6) is 0 Å². The van der Waals surface area contributed by atoms with Crippen molar-refractivity contribution in [3.05, 3.63) is 0 Å². The molecule has 0 amide bonds. The number of likely N-dealkylation sites (N-methyl/N-ethyl adjacent to an activating group) is 1. The Balaban J connectivity index is 2.84. The molecule has 0 bridgehead atoms. The van der Waals surface area contributed by atoms with Crippen molar-refractivity contribution in [1.29, 1.82) is 0 Å². The lowest BCUT2D eigenvalue weighted by molar-refractivity contribution is 0.132. The van der Waals surface area contributed by atoms with Crippen molar-refractivity contribution in [2.24, 2.45) is 5.92 Å². The molecule has 0 aromatic carbocycles. The van der Waals surface area contributed by atoms with Gasteiger partial charge in [0.25, 0.3) is 0 Å². The molecule has 1 N–H and O–H groups in total. The van der Waals surface area contributed by atoms with Crippen LogP contribution in [0.1, 0.15) is 39.5 Å². The summed E-state index contributed by atoms with van der Waals surface area (Å²) in [5.74, 6) is 0.852. The Morgan fingerprint density at radius 2 is 1.85 bits per heavy atom. The van der Waals surface area contributed by atoms with Gasteiger partial charge in [0.2, 0.25) is 0 Å². The van der Waals surface area contributed by atoms with Crippen LogP contribution in [-0.2, 0) is 4.74 Å². The van der Waals surface area contributed by atoms with Crippen molar-refractivity contribution in [1.82, 2.24) is 5.32 Å². The van der Waals surface area contributed by atoms with E-state index in [0.717, 1.165) is 25.7 Å². The van der Waals surface area contributed by atoms with E-state index in [1.807, 2.05) is 7.05 Å². The molecule has 0 atom stereocenters. The summed E-state index contributed by atoms with van der Waals surface area (Å²) in [5, 5.41) is 3.06. The molecule has 80 valence electrons. The van der Waals surface area contributed by atoms with E-state index in [-0.39, 0.29) is 0 Å². The van der Waals surface area contributed by atoms with Crippen LogP contribution < -0.4 is 5.32 Å². The monoisotopic (exact) mass is 187 g/mol. The SMILES string of the molecule is CNCCOCCCCCC(C)C. The number of hydrogen-bond donors (Lipinski definition) is 1. The Labute approximate surface area is 83.1 Å². The van der Waals surface area contributed by atoms with Crippen molar-refractivity contribution in [2.75, 3.05) is 26.8 Å². The largest absolute Gasteiger partial charge is 0.380 e. The van der Waals surface area contributed by atoms with Crippen molar-refractivity contribution in [3.63, 3.8) is 0 Å². The standard InChI is InChI=1S/C11H25NO/c1-11(2)7-5-4-6-9-13-10-8-12-3/h11-12H,4-10H2,1-3H3. The third-order valence-corrected chi connectivity index (χ3v) is 2.07. The molecule has 0 aliphatic carbocycles. The zero-order valence-corrected chi connectivity index (χ0v) is 9.44. The van der Waals surface area contributed by atoms with E-state index in [1.165, 1.54) is 25.7 Å². The van der Waals surface area contributed by atoms with Gasteiger partial charge in [-0.15, -0.1) is 0 Å². The Morgan fingerprint density at radius 3 is 2.46 bits per heavy atom. The number of rotatable bonds is 9. The fourth-order valence-electron chi connectivity index (χ4n) is 1.21. The van der Waals surface area contributed by atoms with Gasteiger partial charge >= 0.3 is 0 Å². The lowest BCUT2D eigenvalue weighted by Crippen LogP contribution is -2.14. The maximum atomic E-state index is 5.42. The number of ether oxygens (including phenoxy) is 1. The second-order valence-corrected chi connectivity index (χ2v) is 3.96. The van der Waals surface area contributed by atoms with Crippen LogP contribution >= 0.6 is 0 Å². The predicted molar refractivity (Wildman–Crippen MR) is 58.1 cm³/mol. The fourth-order valence-corrected chi connectivity index (χ4v) is 1.21. The summed E-state index contributed by atoms with van der Waals surface area (Å²) in [5.41, 5.74) is 0. The summed E-state index contributed by atoms with van der Waals surface area (Å²) in [6, 6.07) is 0. The molecule has 0 saturated heterocycles. The van der Waals surface area contributed by atoms with E-state index >= 15 is 0 Å². The first-order valence-corrected chi connectivity index (χ1v) is 5.49. The van der Waals surface area contributed by atoms with Gasteiger partial charge in [0, 0.05) is 13.2 Å². The number of unbranched alkanes of at least 4 members (excludes halogenated alkanes) is 2. The molecule has 2 heteroatoms. The average molecular weight is 187 g/mol. The van der Waals surface area contributed by atoms with Crippen molar-refractivity contribution in [2.45, 2.75) is 39.5 Å². The van der Waals surface area contributed by atoms with Crippen LogP contribution in [0.4, 0.5) is 0 Å². The summed E-state index contributed by atoms with van der Waals surface area (Å²) in [6.45, 7) is 7.30. The van der Waals surface area contributed by atoms with Crippen LogP contribution in [-0.4, -0.2) is 26.8 Å². The van der Waals surface area contributed by atoms with Crippen LogP contribution in [0.15, 0.2) is 0 Å². The normalized spacial score (nSPS) is 11.1. The van der Waals surface area contributed by atoms with Crippen LogP contribution in [0.3, 0.4) is 0 Å². The summed E-state index contributed by atoms with van der Waals surface area (Å²) >= 11 is 0. The molecule has 0 aliphatic rings. The highest BCUT2D eigenvalue weighted by molar-refractivity contribution is 4.47. The van der Waals surface area contributed by atoms with Gasteiger partial charge in [0.1, 0.15) is 0 Å². The number of nitrogens with one attached hydrogen (secondary N) is 1. The minimum atomic E-state index is 0.848. The molecule has 0 spiro atoms. The Morgan fingerprint density at radius 1 is 1.08 bits per heavy atom. The lowest BCUT2D eigenvalue weighted by Gasteiger charge is -2.05. The molecule has 0 saturated carbocycles. The molecule has 13 heavy (non-hydrogen) atoms. The van der Waals surface area contributed by atoms with Crippen LogP contribution in [0.25, 0.3) is 0 Å². The first-order valence-electron chi connectivity index (χ1n) is 5.49. The minimum absolute atomic E-state index is 0.848. The Kier molecular flexibility index (Phi) is 9.94. The topological polar surface area (TPSA) is 21.3 Å². The minimum Gasteiger partial charge on any atom is -0.380 e. The lowest BCUT2D eigenvalue weighted by atomic mass is 10.1. The fraction of sp³-hybridized carbons (Fsp3) is 1.00. The van der Waals surface area contributed by atoms with Gasteiger partial charge in [-0.1, -0.05) is 33.1 Å². The summed E-state index contributed by atoms with van der Waals surface area (Å²) in [4.78, 5) is 0. The van der Waals surface area contributed by atoms with Gasteiger partial charge in [-0.2, -0.15) is 0 Å². The highest BCUT2D eigenvalue weighted by atomic mass is 16.5. The third-order valence-electron chi connectivity index (χ3n) is 2.07. The quantitative estimate of drug-likeness (QED) is 0.560. The van der Waals surface area contributed by atoms with E-state index in [2.05, 4.69) is 19.2 Å². The molecule has 0 unspecified atom stereocenters. The van der Waals surface area contributed by atoms with Crippen molar-refractivity contribution >= 4 is 0 Å². The maximum absolute atomic E-state index is 5.42. The zero-order valence-electron chi connectivity index (χ0n) is 9.44. The third kappa shape index (κ3) is 11.9. The molecule has 0 aromatic rings. The maximum Gasteiger partial charge on any atom is 0.0590 e. The number of hydrogen-bond acceptors (Lipinski definition) is 2. The highest BCUT2D eigenvalue weighted by Crippen LogP contribution is 2.07. The van der Waals surface area contributed by atoms with E-state index in [1.54, 1.807) is 0 Å². The molecule has 0 fully saturated rings. The van der Waals surface area contributed by atoms with Gasteiger partial charge < -0.3 is 10.1 Å². The molecule has 0 aromatic heterocycles. The first-order chi connectivity index (χ1) is 6.27. The van der Waals surface area contributed by atoms with E-state index < -0.39 is 0 Å². The van der Waals surface area contributed by atoms with Crippen LogP contribution in [0, 0.1) is 5.92 Å². The second-order valence-electron chi connectivity index (χ2n) is 3.96. The zero-order chi connectivity index (χ0) is 9.94. The predicted octanol–water partition coefficient (Wildman–Crippen LogP) is 2.44. The summed E-state index contributed by atoms with van der Waals surface area (Å²) in [7, 11) is 1.95. The van der Waals surface area contributed by atoms with Gasteiger partial charge in [-0.3, -0.25) is 0 Å². The van der Waals surface area contributed by atoms with Gasteiger partial charge in [0.15, 0.2) is 0 Å². The molecule has 0 aliphatic heterocycles. The van der Waals surface area contributed by atoms with E-state index in [0.29, 0.717) is 0 Å². The van der Waals surface area contributed by atoms with E-state index in [9.17, 15) is 0 Å². The Bertz CT molecular complexity index is 94.1. The molecular weight excluding hydrogens is 162 g/mol. The Hall–Kier alpha value is -0.0800. The summed E-state index contributed by atoms with van der Waals surface area (Å²) in [6.07, 6.45) is 5.25. The molecular formula is C11H25NO. The van der Waals surface area contributed by atoms with Crippen LogP contribution in [0.2, 0.25) is 0 Å². The van der Waals surface area contributed by atoms with Gasteiger partial charge in [-0.05, 0) is 19.4 Å². The average Bonchev–Trinajstić information content (AvgIpc) is 2.09. The van der Waals surface area contributed by atoms with Crippen molar-refractivity contribution < 1.29 is 4.74 Å². The smallest absolute Gasteiger partial charge is 0.0590 e. The molecule has 2 nitrogen and oxygen atoms in total. The first kappa shape index (κ1) is 12.9. The van der Waals surface area contributed by atoms with Gasteiger partial charge in [0.05, 0.1) is 6.61 Å². The van der Waals surface area contributed by atoms with Crippen molar-refractivity contribution in [3.8, 4) is 0 Å². The molecule has 0 radical (unpaired) electrons. The summed E-state index contributed by atoms with van der Waals surface area (Å²) < 4.78 is 5.42. The highest BCUT2D eigenvalue weighted by Gasteiger charge is 1.94. The van der Waals surface area contributed by atoms with Gasteiger partial charge in [-0.25, -0.2) is 0 Å². The molecule has 0 rings (SSSR count). The second kappa shape index (κ2) is 10.0. The van der Waals surface area contributed by atoms with E-state index in [4.69, 9.17) is 4.74 Å². The molecule has 0 heterocycles.